The number of hydrogen-bond donors (Lipinski definition) is 2. The molecule has 0 aromatic carbocycles. The van der Waals surface area contributed by atoms with E-state index in [-0.39, 0.29) is 4.75 Å². The van der Waals surface area contributed by atoms with Gasteiger partial charge in [0.05, 0.1) is 0 Å². The van der Waals surface area contributed by atoms with Gasteiger partial charge in [-0.15, -0.1) is 0 Å². The van der Waals surface area contributed by atoms with Crippen molar-refractivity contribution in [2.24, 2.45) is 5.84 Å². The smallest absolute Gasteiger partial charge is 0.159 e. The molecule has 1 saturated heterocycles. The van der Waals surface area contributed by atoms with Gasteiger partial charge in [0.1, 0.15) is 16.6 Å². The van der Waals surface area contributed by atoms with Crippen LogP contribution in [0.2, 0.25) is 0 Å². The lowest BCUT2D eigenvalue weighted by Gasteiger charge is -2.38. The Kier molecular flexibility index (Phi) is 3.79. The van der Waals surface area contributed by atoms with Crippen molar-refractivity contribution >= 4 is 39.3 Å². The summed E-state index contributed by atoms with van der Waals surface area (Å²) in [6.07, 6.45) is 1.53. The van der Waals surface area contributed by atoms with Gasteiger partial charge in [-0.1, -0.05) is 0 Å². The van der Waals surface area contributed by atoms with Gasteiger partial charge in [-0.2, -0.15) is 11.8 Å². The van der Waals surface area contributed by atoms with Crippen LogP contribution in [-0.4, -0.2) is 33.6 Å². The summed E-state index contributed by atoms with van der Waals surface area (Å²) >= 11 is 5.49. The quantitative estimate of drug-likeness (QED) is 0.641. The maximum absolute atomic E-state index is 5.41. The molecule has 1 aromatic rings. The first-order valence-corrected chi connectivity index (χ1v) is 7.17. The second-order valence-electron chi connectivity index (χ2n) is 4.53. The topological polar surface area (TPSA) is 67.1 Å². The molecule has 94 valence electrons. The van der Waals surface area contributed by atoms with Gasteiger partial charge in [-0.05, 0) is 29.8 Å². The molecule has 2 rings (SSSR count). The summed E-state index contributed by atoms with van der Waals surface area (Å²) in [6, 6.07) is 0. The molecule has 7 heteroatoms. The molecule has 0 bridgehead atoms. The van der Waals surface area contributed by atoms with Crippen LogP contribution >= 0.6 is 27.7 Å². The molecule has 0 spiro atoms. The van der Waals surface area contributed by atoms with Gasteiger partial charge >= 0.3 is 0 Å². The first-order chi connectivity index (χ1) is 8.03. The highest BCUT2D eigenvalue weighted by Crippen LogP contribution is 2.35. The minimum absolute atomic E-state index is 0.249. The third-order valence-electron chi connectivity index (χ3n) is 2.63. The molecule has 0 saturated carbocycles. The van der Waals surface area contributed by atoms with Crippen LogP contribution in [0.5, 0.6) is 0 Å². The van der Waals surface area contributed by atoms with Crippen molar-refractivity contribution in [1.29, 1.82) is 0 Å². The first-order valence-electron chi connectivity index (χ1n) is 5.39. The van der Waals surface area contributed by atoms with E-state index >= 15 is 0 Å². The van der Waals surface area contributed by atoms with Crippen LogP contribution in [-0.2, 0) is 0 Å². The largest absolute Gasteiger partial charge is 0.353 e. The van der Waals surface area contributed by atoms with Gasteiger partial charge in [0, 0.05) is 23.6 Å². The third-order valence-corrected chi connectivity index (χ3v) is 4.66. The van der Waals surface area contributed by atoms with E-state index in [1.165, 1.54) is 6.33 Å². The van der Waals surface area contributed by atoms with E-state index in [9.17, 15) is 0 Å². The normalized spacial score (nSPS) is 19.2. The van der Waals surface area contributed by atoms with E-state index in [0.29, 0.717) is 5.82 Å². The number of rotatable bonds is 2. The molecule has 0 radical (unpaired) electrons. The van der Waals surface area contributed by atoms with Crippen molar-refractivity contribution in [3.8, 4) is 0 Å². The summed E-state index contributed by atoms with van der Waals surface area (Å²) in [5.74, 6) is 8.04. The van der Waals surface area contributed by atoms with Gasteiger partial charge < -0.3 is 10.3 Å². The van der Waals surface area contributed by atoms with Gasteiger partial charge in [0.2, 0.25) is 0 Å². The molecule has 17 heavy (non-hydrogen) atoms. The molecule has 1 fully saturated rings. The summed E-state index contributed by atoms with van der Waals surface area (Å²) in [5.41, 5.74) is 2.57. The highest BCUT2D eigenvalue weighted by atomic mass is 79.9. The predicted octanol–water partition coefficient (Wildman–Crippen LogP) is 1.86. The standard InChI is InChI=1S/C10H16BrN5S/c1-10(2)5-16(3-4-17-10)9-7(11)8(15-12)13-6-14-9/h6H,3-5,12H2,1-2H3,(H,13,14,15). The van der Waals surface area contributed by atoms with Crippen LogP contribution in [0, 0.1) is 0 Å². The lowest BCUT2D eigenvalue weighted by molar-refractivity contribution is 0.641. The van der Waals surface area contributed by atoms with Gasteiger partial charge in [-0.3, -0.25) is 0 Å². The fourth-order valence-corrected chi connectivity index (χ4v) is 3.56. The number of hydrazine groups is 1. The molecule has 0 amide bonds. The Morgan fingerprint density at radius 2 is 2.29 bits per heavy atom. The summed E-state index contributed by atoms with van der Waals surface area (Å²) in [4.78, 5) is 10.7. The number of nitrogens with one attached hydrogen (secondary N) is 1. The van der Waals surface area contributed by atoms with E-state index in [1.807, 2.05) is 11.8 Å². The van der Waals surface area contributed by atoms with Gasteiger partial charge in [0.15, 0.2) is 5.82 Å². The number of nitrogen functional groups attached to an aromatic ring is 1. The minimum Gasteiger partial charge on any atom is -0.353 e. The van der Waals surface area contributed by atoms with Crippen molar-refractivity contribution in [2.45, 2.75) is 18.6 Å². The second kappa shape index (κ2) is 4.99. The van der Waals surface area contributed by atoms with Crippen molar-refractivity contribution in [3.05, 3.63) is 10.8 Å². The van der Waals surface area contributed by atoms with E-state index in [1.54, 1.807) is 0 Å². The highest BCUT2D eigenvalue weighted by Gasteiger charge is 2.29. The lowest BCUT2D eigenvalue weighted by atomic mass is 10.2. The van der Waals surface area contributed by atoms with Crippen LogP contribution in [0.25, 0.3) is 0 Å². The Hall–Kier alpha value is -0.530. The van der Waals surface area contributed by atoms with Crippen LogP contribution < -0.4 is 16.2 Å². The minimum atomic E-state index is 0.249. The molecule has 0 aliphatic carbocycles. The highest BCUT2D eigenvalue weighted by molar-refractivity contribution is 9.10. The van der Waals surface area contributed by atoms with Gasteiger partial charge in [0.25, 0.3) is 0 Å². The maximum atomic E-state index is 5.41. The van der Waals surface area contributed by atoms with Crippen LogP contribution in [0.4, 0.5) is 11.6 Å². The SMILES string of the molecule is CC1(C)CN(c2ncnc(NN)c2Br)CCS1. The predicted molar refractivity (Wildman–Crippen MR) is 76.3 cm³/mol. The van der Waals surface area contributed by atoms with Crippen molar-refractivity contribution < 1.29 is 0 Å². The summed E-state index contributed by atoms with van der Waals surface area (Å²) in [6.45, 7) is 6.47. The molecule has 2 heterocycles. The maximum Gasteiger partial charge on any atom is 0.159 e. The summed E-state index contributed by atoms with van der Waals surface area (Å²) in [5, 5.41) is 0. The Labute approximate surface area is 114 Å². The first kappa shape index (κ1) is 12.9. The number of aromatic nitrogens is 2. The fraction of sp³-hybridized carbons (Fsp3) is 0.600. The fourth-order valence-electron chi connectivity index (χ4n) is 1.88. The summed E-state index contributed by atoms with van der Waals surface area (Å²) < 4.78 is 1.07. The second-order valence-corrected chi connectivity index (χ2v) is 7.13. The van der Waals surface area contributed by atoms with Crippen LogP contribution in [0.15, 0.2) is 10.8 Å². The number of hydrogen-bond acceptors (Lipinski definition) is 6. The molecule has 1 aliphatic heterocycles. The molecule has 3 N–H and O–H groups in total. The zero-order valence-corrected chi connectivity index (χ0v) is 12.3. The van der Waals surface area contributed by atoms with Crippen molar-refractivity contribution in [3.63, 3.8) is 0 Å². The number of anilines is 2. The van der Waals surface area contributed by atoms with E-state index in [2.05, 4.69) is 50.1 Å². The van der Waals surface area contributed by atoms with Crippen LogP contribution in [0.1, 0.15) is 13.8 Å². The molecular formula is C10H16BrN5S. The zero-order chi connectivity index (χ0) is 12.5. The molecule has 0 atom stereocenters. The molecule has 5 nitrogen and oxygen atoms in total. The Balaban J connectivity index is 2.28. The molecule has 0 unspecified atom stereocenters. The van der Waals surface area contributed by atoms with Crippen molar-refractivity contribution in [1.82, 2.24) is 9.97 Å². The number of thioether (sulfide) groups is 1. The number of nitrogens with two attached hydrogens (primary N) is 1. The van der Waals surface area contributed by atoms with Crippen LogP contribution in [0.3, 0.4) is 0 Å². The summed E-state index contributed by atoms with van der Waals surface area (Å²) in [7, 11) is 0. The molecule has 1 aromatic heterocycles. The third kappa shape index (κ3) is 2.83. The zero-order valence-electron chi connectivity index (χ0n) is 9.90. The van der Waals surface area contributed by atoms with E-state index in [0.717, 1.165) is 29.1 Å². The average molecular weight is 318 g/mol. The monoisotopic (exact) mass is 317 g/mol. The van der Waals surface area contributed by atoms with E-state index < -0.39 is 0 Å². The Morgan fingerprint density at radius 1 is 1.53 bits per heavy atom. The Bertz CT molecular complexity index is 412. The molecule has 1 aliphatic rings. The number of halogens is 1. The Morgan fingerprint density at radius 3 is 2.94 bits per heavy atom. The number of nitrogens with zero attached hydrogens (tertiary/aromatic N) is 3. The molecular weight excluding hydrogens is 302 g/mol. The lowest BCUT2D eigenvalue weighted by Crippen LogP contribution is -2.43. The van der Waals surface area contributed by atoms with Gasteiger partial charge in [-0.25, -0.2) is 15.8 Å². The van der Waals surface area contributed by atoms with Crippen molar-refractivity contribution in [2.75, 3.05) is 29.2 Å². The van der Waals surface area contributed by atoms with E-state index in [4.69, 9.17) is 5.84 Å². The average Bonchev–Trinajstić information content (AvgIpc) is 2.28.